The van der Waals surface area contributed by atoms with Crippen molar-refractivity contribution in [3.63, 3.8) is 0 Å². The summed E-state index contributed by atoms with van der Waals surface area (Å²) < 4.78 is 53.0. The predicted molar refractivity (Wildman–Crippen MR) is 214 cm³/mol. The van der Waals surface area contributed by atoms with Gasteiger partial charge in [0.15, 0.2) is 16.6 Å². The number of carbonyl (C=O) groups excluding carboxylic acids is 1. The van der Waals surface area contributed by atoms with Gasteiger partial charge in [-0.1, -0.05) is 47.5 Å². The van der Waals surface area contributed by atoms with Gasteiger partial charge in [0.05, 0.1) is 51.0 Å². The summed E-state index contributed by atoms with van der Waals surface area (Å²) in [5.74, 6) is 0.829. The van der Waals surface area contributed by atoms with Crippen molar-refractivity contribution in [3.05, 3.63) is 159 Å². The molecule has 0 bridgehead atoms. The molecule has 4 aromatic carbocycles. The molecular weight excluding hydrogens is 854 g/mol. The van der Waals surface area contributed by atoms with Crippen LogP contribution < -0.4 is 26.5 Å². The molecule has 9 nitrogen and oxygen atoms in total. The van der Waals surface area contributed by atoms with Gasteiger partial charge in [0.2, 0.25) is 0 Å². The molecule has 2 aromatic heterocycles. The van der Waals surface area contributed by atoms with E-state index in [9.17, 15) is 13.6 Å². The van der Waals surface area contributed by atoms with Crippen molar-refractivity contribution in [1.82, 2.24) is 19.6 Å². The van der Waals surface area contributed by atoms with Crippen molar-refractivity contribution in [1.29, 1.82) is 0 Å². The molecule has 0 aliphatic carbocycles. The molecule has 6 aromatic rings. The average molecular weight is 893 g/mol. The van der Waals surface area contributed by atoms with E-state index in [0.29, 0.717) is 41.5 Å². The molecule has 0 amide bonds. The van der Waals surface area contributed by atoms with E-state index in [0.717, 1.165) is 34.0 Å². The van der Waals surface area contributed by atoms with Crippen molar-refractivity contribution >= 4 is 52.5 Å². The Hall–Kier alpha value is -4.26. The number of rotatable bonds is 13. The fourth-order valence-electron chi connectivity index (χ4n) is 5.48. The number of aryl methyl sites for hydroxylation is 1. The fourth-order valence-corrected chi connectivity index (χ4v) is 5.90. The van der Waals surface area contributed by atoms with Crippen LogP contribution in [0.1, 0.15) is 64.5 Å². The third-order valence-electron chi connectivity index (χ3n) is 8.32. The van der Waals surface area contributed by atoms with Crippen LogP contribution in [-0.4, -0.2) is 63.1 Å². The number of aldehydes is 1. The van der Waals surface area contributed by atoms with Crippen molar-refractivity contribution in [2.45, 2.75) is 46.2 Å². The largest absolute Gasteiger partial charge is 2.00 e. The quantitative estimate of drug-likeness (QED) is 0.0543. The van der Waals surface area contributed by atoms with E-state index >= 15 is 0 Å². The molecule has 0 fully saturated rings. The third-order valence-corrected chi connectivity index (χ3v) is 8.68. The van der Waals surface area contributed by atoms with E-state index in [1.54, 1.807) is 37.1 Å². The van der Waals surface area contributed by atoms with E-state index in [-0.39, 0.29) is 62.8 Å². The Morgan fingerprint density at radius 3 is 1.49 bits per heavy atom. The number of benzene rings is 4. The standard InChI is InChI=1S/C20H18ClFN2O3.C20H20ClFN2O2.C2H.BrH.Mg/c1-13(27-12-14-3-6-17(26-2)7-4-14)18-9-15(22)5-8-19(18)24-16(11-25)10-20(21)23-24;1-13-10-20(21)23-24(13)19-9-6-16(22)11-18(19)14(2)26-12-15-4-7-17(25-3)8-5-15;1-2;;/h3-11,13H,12H2,1-2H3;4-11,14H,12H2,1-3H3;1H;1H;/q;;-1;;+2/p-1/t13-;14-;;;/m11.../s1. The molecule has 57 heavy (non-hydrogen) atoms. The molecule has 0 spiro atoms. The molecule has 0 saturated carbocycles. The SMILES string of the molecule is COc1ccc(CO[C@H](C)c2cc(F)ccc2-n2nc(Cl)cc2C)cc1.COc1ccc(CO[C@H](C)c2cc(F)ccc2-n2nc(Cl)cc2C=O)cc1.[Br-].[C-]#C.[Mg+2]. The van der Waals surface area contributed by atoms with E-state index in [2.05, 4.69) is 16.6 Å². The van der Waals surface area contributed by atoms with Gasteiger partial charge in [-0.15, -0.1) is 0 Å². The van der Waals surface area contributed by atoms with Gasteiger partial charge in [-0.2, -0.15) is 10.2 Å². The van der Waals surface area contributed by atoms with E-state index < -0.39 is 11.9 Å². The van der Waals surface area contributed by atoms with Gasteiger partial charge in [-0.25, -0.2) is 18.1 Å². The number of methoxy groups -OCH3 is 2. The minimum absolute atomic E-state index is 0. The number of hydrogen-bond acceptors (Lipinski definition) is 7. The molecule has 2 heterocycles. The minimum atomic E-state index is -0.444. The van der Waals surface area contributed by atoms with Crippen LogP contribution in [0, 0.1) is 31.4 Å². The van der Waals surface area contributed by atoms with Crippen molar-refractivity contribution in [3.8, 4) is 29.3 Å². The van der Waals surface area contributed by atoms with Gasteiger partial charge in [0.25, 0.3) is 0 Å². The maximum atomic E-state index is 13.9. The Morgan fingerprint density at radius 2 is 1.11 bits per heavy atom. The van der Waals surface area contributed by atoms with Crippen molar-refractivity contribution < 1.29 is 49.5 Å². The molecule has 6 rings (SSSR count). The van der Waals surface area contributed by atoms with Gasteiger partial charge < -0.3 is 48.8 Å². The summed E-state index contributed by atoms with van der Waals surface area (Å²) in [4.78, 5) is 11.3. The summed E-state index contributed by atoms with van der Waals surface area (Å²) >= 11 is 11.9. The topological polar surface area (TPSA) is 89.6 Å². The number of carbonyl (C=O) groups is 1. The van der Waals surface area contributed by atoms with Crippen LogP contribution in [-0.2, 0) is 22.7 Å². The van der Waals surface area contributed by atoms with E-state index in [4.69, 9.17) is 48.6 Å². The first-order valence-electron chi connectivity index (χ1n) is 16.8. The van der Waals surface area contributed by atoms with Crippen LogP contribution in [0.15, 0.2) is 97.1 Å². The first-order chi connectivity index (χ1) is 26.5. The maximum absolute atomic E-state index is 13.9. The van der Waals surface area contributed by atoms with E-state index in [1.165, 1.54) is 35.0 Å². The van der Waals surface area contributed by atoms with Gasteiger partial charge >= 0.3 is 23.1 Å². The Balaban J connectivity index is 0.000000365. The normalized spacial score (nSPS) is 11.3. The molecule has 0 saturated heterocycles. The van der Waals surface area contributed by atoms with Crippen LogP contribution in [0.25, 0.3) is 11.4 Å². The molecule has 15 heteroatoms. The molecule has 0 unspecified atom stereocenters. The Bertz CT molecular complexity index is 2200. The molecular formula is C42H39BrCl2F2MgN4O5. The predicted octanol–water partition coefficient (Wildman–Crippen LogP) is 6.85. The summed E-state index contributed by atoms with van der Waals surface area (Å²) in [6.07, 6.45) is 8.87. The van der Waals surface area contributed by atoms with Crippen LogP contribution in [0.2, 0.25) is 10.3 Å². The summed E-state index contributed by atoms with van der Waals surface area (Å²) in [5, 5.41) is 8.97. The van der Waals surface area contributed by atoms with Gasteiger partial charge in [0, 0.05) is 22.9 Å². The zero-order valence-corrected chi connectivity index (χ0v) is 36.4. The minimum Gasteiger partial charge on any atom is -1.00 e. The Labute approximate surface area is 368 Å². The number of aromatic nitrogens is 4. The summed E-state index contributed by atoms with van der Waals surface area (Å²) in [6, 6.07) is 27.1. The zero-order valence-electron chi connectivity index (χ0n) is 31.9. The second-order valence-electron chi connectivity index (χ2n) is 12.0. The van der Waals surface area contributed by atoms with Crippen molar-refractivity contribution in [2.24, 2.45) is 0 Å². The zero-order chi connectivity index (χ0) is 40.1. The van der Waals surface area contributed by atoms with Crippen LogP contribution in [0.3, 0.4) is 0 Å². The molecule has 0 N–H and O–H groups in total. The molecule has 0 aliphatic rings. The van der Waals surface area contributed by atoms with Crippen LogP contribution in [0.4, 0.5) is 8.78 Å². The summed E-state index contributed by atoms with van der Waals surface area (Å²) in [5.41, 5.74) is 5.66. The number of halogens is 5. The first kappa shape index (κ1) is 48.9. The summed E-state index contributed by atoms with van der Waals surface area (Å²) in [6.45, 7) is 6.34. The molecule has 294 valence electrons. The molecule has 0 radical (unpaired) electrons. The number of nitrogens with zero attached hydrogens (tertiary/aromatic N) is 4. The second kappa shape index (κ2) is 23.8. The number of hydrogen-bond donors (Lipinski definition) is 0. The Kier molecular flexibility index (Phi) is 20.4. The van der Waals surface area contributed by atoms with Crippen LogP contribution >= 0.6 is 23.2 Å². The van der Waals surface area contributed by atoms with Gasteiger partial charge in [-0.3, -0.25) is 4.79 Å². The first-order valence-corrected chi connectivity index (χ1v) is 17.6. The van der Waals surface area contributed by atoms with Crippen molar-refractivity contribution in [2.75, 3.05) is 14.2 Å². The van der Waals surface area contributed by atoms with Crippen LogP contribution in [0.5, 0.6) is 11.5 Å². The van der Waals surface area contributed by atoms with Gasteiger partial charge in [0.1, 0.15) is 28.8 Å². The fraction of sp³-hybridized carbons (Fsp3) is 0.214. The molecule has 2 atom stereocenters. The number of ether oxygens (including phenoxy) is 4. The smallest absolute Gasteiger partial charge is 1.00 e. The maximum Gasteiger partial charge on any atom is 2.00 e. The Morgan fingerprint density at radius 1 is 0.702 bits per heavy atom. The summed E-state index contributed by atoms with van der Waals surface area (Å²) in [7, 11) is 3.23. The number of terminal acetylenes is 1. The average Bonchev–Trinajstić information content (AvgIpc) is 3.76. The monoisotopic (exact) mass is 890 g/mol. The molecule has 0 aliphatic heterocycles. The van der Waals surface area contributed by atoms with E-state index in [1.807, 2.05) is 69.3 Å². The van der Waals surface area contributed by atoms with Gasteiger partial charge in [-0.05, 0) is 98.6 Å². The second-order valence-corrected chi connectivity index (χ2v) is 12.7. The third kappa shape index (κ3) is 13.4.